The van der Waals surface area contributed by atoms with E-state index < -0.39 is 11.9 Å². The predicted molar refractivity (Wildman–Crippen MR) is 106 cm³/mol. The molecule has 3 amide bonds. The molecular formula is C19H19N5O2S. The van der Waals surface area contributed by atoms with Crippen LogP contribution in [0.5, 0.6) is 0 Å². The van der Waals surface area contributed by atoms with Crippen LogP contribution in [-0.2, 0) is 11.8 Å². The first kappa shape index (κ1) is 18.7. The summed E-state index contributed by atoms with van der Waals surface area (Å²) in [6, 6.07) is 16.3. The summed E-state index contributed by atoms with van der Waals surface area (Å²) in [5, 5.41) is 13.8. The molecule has 1 aromatic heterocycles. The lowest BCUT2D eigenvalue weighted by Crippen LogP contribution is -2.35. The molecule has 0 fully saturated rings. The molecule has 7 nitrogen and oxygen atoms in total. The van der Waals surface area contributed by atoms with Crippen LogP contribution in [0.3, 0.4) is 0 Å². The zero-order valence-electron chi connectivity index (χ0n) is 15.0. The number of carbonyl (C=O) groups is 2. The van der Waals surface area contributed by atoms with E-state index in [0.717, 1.165) is 11.4 Å². The van der Waals surface area contributed by atoms with Gasteiger partial charge in [-0.05, 0) is 19.1 Å². The van der Waals surface area contributed by atoms with Crippen molar-refractivity contribution in [3.05, 3.63) is 60.2 Å². The number of hydrogen-bond donors (Lipinski definition) is 2. The van der Waals surface area contributed by atoms with Gasteiger partial charge in [0.2, 0.25) is 5.91 Å². The fraction of sp³-hybridized carbons (Fsp3) is 0.158. The number of benzene rings is 2. The molecule has 0 aliphatic carbocycles. The number of aromatic nitrogens is 3. The van der Waals surface area contributed by atoms with Crippen LogP contribution in [0.15, 0.2) is 59.8 Å². The molecule has 0 bridgehead atoms. The van der Waals surface area contributed by atoms with Crippen LogP contribution in [0, 0.1) is 6.92 Å². The summed E-state index contributed by atoms with van der Waals surface area (Å²) < 4.78 is 1.83. The van der Waals surface area contributed by atoms with E-state index >= 15 is 0 Å². The summed E-state index contributed by atoms with van der Waals surface area (Å²) in [5.74, 6) is 0.371. The van der Waals surface area contributed by atoms with Crippen LogP contribution in [0.25, 0.3) is 11.4 Å². The summed E-state index contributed by atoms with van der Waals surface area (Å²) in [6.45, 7) is 2.02. The van der Waals surface area contributed by atoms with Crippen LogP contribution >= 0.6 is 11.8 Å². The lowest BCUT2D eigenvalue weighted by molar-refractivity contribution is -0.117. The minimum absolute atomic E-state index is 0.0576. The largest absolute Gasteiger partial charge is 0.325 e. The Hall–Kier alpha value is -3.13. The summed E-state index contributed by atoms with van der Waals surface area (Å²) in [5.41, 5.74) is 2.74. The number of aryl methyl sites for hydroxylation is 1. The lowest BCUT2D eigenvalue weighted by atomic mass is 10.1. The normalized spacial score (nSPS) is 10.4. The number of nitrogens with zero attached hydrogens (tertiary/aromatic N) is 3. The standard InChI is InChI=1S/C19H19N5O2S/c1-13-8-10-14(11-9-13)17-22-23-19(24(17)2)27-12-16(25)21-18(26)20-15-6-4-3-5-7-15/h3-11H,12H2,1-2H3,(H2,20,21,25,26). The summed E-state index contributed by atoms with van der Waals surface area (Å²) in [7, 11) is 1.84. The summed E-state index contributed by atoms with van der Waals surface area (Å²) in [6.07, 6.45) is 0. The predicted octanol–water partition coefficient (Wildman–Crippen LogP) is 3.23. The van der Waals surface area contributed by atoms with Gasteiger partial charge in [-0.25, -0.2) is 4.79 Å². The van der Waals surface area contributed by atoms with Crippen molar-refractivity contribution in [2.24, 2.45) is 7.05 Å². The third-order valence-electron chi connectivity index (χ3n) is 3.76. The molecule has 27 heavy (non-hydrogen) atoms. The monoisotopic (exact) mass is 381 g/mol. The van der Waals surface area contributed by atoms with Crippen LogP contribution in [-0.4, -0.2) is 32.5 Å². The van der Waals surface area contributed by atoms with E-state index in [2.05, 4.69) is 20.8 Å². The first-order valence-electron chi connectivity index (χ1n) is 8.28. The quantitative estimate of drug-likeness (QED) is 0.663. The van der Waals surface area contributed by atoms with Crippen LogP contribution in [0.1, 0.15) is 5.56 Å². The van der Waals surface area contributed by atoms with Gasteiger partial charge in [-0.3, -0.25) is 10.1 Å². The Morgan fingerprint density at radius 2 is 1.74 bits per heavy atom. The number of urea groups is 1. The maximum Gasteiger partial charge on any atom is 0.325 e. The molecule has 8 heteroatoms. The highest BCUT2D eigenvalue weighted by Gasteiger charge is 2.14. The van der Waals surface area contributed by atoms with Gasteiger partial charge in [0.1, 0.15) is 0 Å². The number of para-hydroxylation sites is 1. The Balaban J connectivity index is 1.54. The van der Waals surface area contributed by atoms with Gasteiger partial charge in [-0.15, -0.1) is 10.2 Å². The first-order chi connectivity index (χ1) is 13.0. The fourth-order valence-electron chi connectivity index (χ4n) is 2.37. The molecule has 1 heterocycles. The van der Waals surface area contributed by atoms with Gasteiger partial charge < -0.3 is 9.88 Å². The van der Waals surface area contributed by atoms with Gasteiger partial charge in [0.15, 0.2) is 11.0 Å². The molecule has 2 N–H and O–H groups in total. The van der Waals surface area contributed by atoms with Crippen molar-refractivity contribution in [1.82, 2.24) is 20.1 Å². The van der Waals surface area contributed by atoms with E-state index in [4.69, 9.17) is 0 Å². The Kier molecular flexibility index (Phi) is 5.87. The SMILES string of the molecule is Cc1ccc(-c2nnc(SCC(=O)NC(=O)Nc3ccccc3)n2C)cc1. The average Bonchev–Trinajstić information content (AvgIpc) is 3.02. The maximum atomic E-state index is 12.0. The molecule has 0 atom stereocenters. The molecule has 0 saturated heterocycles. The summed E-state index contributed by atoms with van der Waals surface area (Å²) in [4.78, 5) is 23.8. The Labute approximate surface area is 161 Å². The van der Waals surface area contributed by atoms with E-state index in [0.29, 0.717) is 10.8 Å². The van der Waals surface area contributed by atoms with Gasteiger partial charge >= 0.3 is 6.03 Å². The number of hydrogen-bond acceptors (Lipinski definition) is 5. The van der Waals surface area contributed by atoms with Gasteiger partial charge in [0.05, 0.1) is 5.75 Å². The molecule has 0 spiro atoms. The van der Waals surface area contributed by atoms with Gasteiger partial charge in [-0.1, -0.05) is 59.8 Å². The molecule has 0 aliphatic rings. The molecule has 138 valence electrons. The topological polar surface area (TPSA) is 88.9 Å². The van der Waals surface area contributed by atoms with Crippen molar-refractivity contribution in [3.63, 3.8) is 0 Å². The zero-order chi connectivity index (χ0) is 19.2. The molecule has 0 aliphatic heterocycles. The maximum absolute atomic E-state index is 12.0. The van der Waals surface area contributed by atoms with Crippen molar-refractivity contribution in [1.29, 1.82) is 0 Å². The van der Waals surface area contributed by atoms with Crippen LogP contribution in [0.4, 0.5) is 10.5 Å². The molecule has 0 saturated carbocycles. The molecule has 3 aromatic rings. The minimum Gasteiger partial charge on any atom is -0.308 e. The van der Waals surface area contributed by atoms with Crippen LogP contribution in [0.2, 0.25) is 0 Å². The van der Waals surface area contributed by atoms with E-state index in [1.165, 1.54) is 17.3 Å². The summed E-state index contributed by atoms with van der Waals surface area (Å²) >= 11 is 1.22. The number of carbonyl (C=O) groups excluding carboxylic acids is 2. The van der Waals surface area contributed by atoms with Gasteiger partial charge in [-0.2, -0.15) is 0 Å². The number of rotatable bonds is 5. The molecule has 0 unspecified atom stereocenters. The third-order valence-corrected chi connectivity index (χ3v) is 4.78. The number of thioether (sulfide) groups is 1. The molecule has 0 radical (unpaired) electrons. The van der Waals surface area contributed by atoms with Gasteiger partial charge in [0.25, 0.3) is 0 Å². The first-order valence-corrected chi connectivity index (χ1v) is 9.26. The van der Waals surface area contributed by atoms with Crippen molar-refractivity contribution >= 4 is 29.4 Å². The minimum atomic E-state index is -0.565. The Bertz CT molecular complexity index is 938. The van der Waals surface area contributed by atoms with E-state index in [9.17, 15) is 9.59 Å². The number of nitrogens with one attached hydrogen (secondary N) is 2. The second-order valence-electron chi connectivity index (χ2n) is 5.89. The van der Waals surface area contributed by atoms with Crippen molar-refractivity contribution in [2.45, 2.75) is 12.1 Å². The highest BCUT2D eigenvalue weighted by atomic mass is 32.2. The third kappa shape index (κ3) is 4.95. The number of amides is 3. The smallest absolute Gasteiger partial charge is 0.308 e. The Morgan fingerprint density at radius 1 is 1.04 bits per heavy atom. The zero-order valence-corrected chi connectivity index (χ0v) is 15.8. The average molecular weight is 381 g/mol. The van der Waals surface area contributed by atoms with E-state index in [1.54, 1.807) is 24.3 Å². The van der Waals surface area contributed by atoms with Crippen molar-refractivity contribution in [3.8, 4) is 11.4 Å². The highest BCUT2D eigenvalue weighted by molar-refractivity contribution is 7.99. The van der Waals surface area contributed by atoms with Crippen molar-refractivity contribution in [2.75, 3.05) is 11.1 Å². The fourth-order valence-corrected chi connectivity index (χ4v) is 3.08. The van der Waals surface area contributed by atoms with E-state index in [-0.39, 0.29) is 5.75 Å². The second-order valence-corrected chi connectivity index (χ2v) is 6.83. The van der Waals surface area contributed by atoms with Crippen LogP contribution < -0.4 is 10.6 Å². The number of anilines is 1. The van der Waals surface area contributed by atoms with E-state index in [1.807, 2.05) is 48.9 Å². The Morgan fingerprint density at radius 3 is 2.44 bits per heavy atom. The number of imide groups is 1. The second kappa shape index (κ2) is 8.50. The molecule has 2 aromatic carbocycles. The van der Waals surface area contributed by atoms with Crippen molar-refractivity contribution < 1.29 is 9.59 Å². The highest BCUT2D eigenvalue weighted by Crippen LogP contribution is 2.22. The van der Waals surface area contributed by atoms with Gasteiger partial charge in [0, 0.05) is 18.3 Å². The molecule has 3 rings (SSSR count). The lowest BCUT2D eigenvalue weighted by Gasteiger charge is -2.07. The molecular weight excluding hydrogens is 362 g/mol.